The highest BCUT2D eigenvalue weighted by Gasteiger charge is 2.44. The second-order valence-electron chi connectivity index (χ2n) is 8.82. The molecule has 0 aliphatic carbocycles. The molecular weight excluding hydrogens is 490 g/mol. The molecule has 0 radical (unpaired) electrons. The molecule has 0 saturated carbocycles. The molecule has 1 spiro atoms. The topological polar surface area (TPSA) is 75.9 Å². The van der Waals surface area contributed by atoms with Gasteiger partial charge in [0, 0.05) is 31.6 Å². The van der Waals surface area contributed by atoms with E-state index in [9.17, 15) is 9.59 Å². The number of hydrogen-bond donors (Lipinski definition) is 0. The number of piperidine rings is 1. The third-order valence-corrected chi connectivity index (χ3v) is 9.74. The number of hydrogen-bond acceptors (Lipinski definition) is 8. The second kappa shape index (κ2) is 9.47. The zero-order chi connectivity index (χ0) is 23.9. The van der Waals surface area contributed by atoms with E-state index in [-0.39, 0.29) is 17.2 Å². The molecule has 1 aromatic carbocycles. The fourth-order valence-electron chi connectivity index (χ4n) is 5.04. The minimum atomic E-state index is -0.0856. The summed E-state index contributed by atoms with van der Waals surface area (Å²) in [6.45, 7) is 2.84. The van der Waals surface area contributed by atoms with Gasteiger partial charge in [-0.2, -0.15) is 4.37 Å². The first kappa shape index (κ1) is 23.6. The van der Waals surface area contributed by atoms with Crippen LogP contribution in [0.4, 0.5) is 0 Å². The number of carbonyl (C=O) groups is 2. The van der Waals surface area contributed by atoms with Crippen molar-refractivity contribution in [1.82, 2.24) is 14.2 Å². The SMILES string of the molecule is COc1cccc2cc(C(=O)N3CCC4(CC3)CCN(C(=O)c3c(SC)nsc3SC)C4)oc12. The molecule has 4 heterocycles. The van der Waals surface area contributed by atoms with E-state index in [1.54, 1.807) is 24.9 Å². The van der Waals surface area contributed by atoms with E-state index >= 15 is 0 Å². The Morgan fingerprint density at radius 2 is 1.82 bits per heavy atom. The lowest BCUT2D eigenvalue weighted by Crippen LogP contribution is -2.44. The first-order valence-corrected chi connectivity index (χ1v) is 14.4. The number of rotatable bonds is 5. The molecular formula is C24H27N3O4S3. The Bertz CT molecular complexity index is 1210. The second-order valence-corrected chi connectivity index (χ2v) is 11.5. The Labute approximate surface area is 211 Å². The molecule has 34 heavy (non-hydrogen) atoms. The number of fused-ring (bicyclic) bond motifs is 1. The Hall–Kier alpha value is -2.17. The van der Waals surface area contributed by atoms with Crippen molar-refractivity contribution in [3.63, 3.8) is 0 Å². The van der Waals surface area contributed by atoms with Crippen molar-refractivity contribution in [2.24, 2.45) is 5.41 Å². The molecule has 0 N–H and O–H groups in total. The molecule has 5 rings (SSSR count). The van der Waals surface area contributed by atoms with E-state index in [1.807, 2.05) is 40.5 Å². The quantitative estimate of drug-likeness (QED) is 0.435. The molecule has 0 bridgehead atoms. The molecule has 2 fully saturated rings. The zero-order valence-corrected chi connectivity index (χ0v) is 21.9. The van der Waals surface area contributed by atoms with Crippen molar-refractivity contribution in [3.8, 4) is 5.75 Å². The van der Waals surface area contributed by atoms with Gasteiger partial charge < -0.3 is 19.0 Å². The number of carbonyl (C=O) groups excluding carboxylic acids is 2. The molecule has 2 aliphatic heterocycles. The van der Waals surface area contributed by atoms with Crippen LogP contribution in [0.5, 0.6) is 5.75 Å². The van der Waals surface area contributed by atoms with Crippen LogP contribution in [0.15, 0.2) is 37.9 Å². The van der Waals surface area contributed by atoms with Crippen molar-refractivity contribution in [2.75, 3.05) is 45.8 Å². The average molecular weight is 518 g/mol. The van der Waals surface area contributed by atoms with Gasteiger partial charge in [0.2, 0.25) is 0 Å². The maximum absolute atomic E-state index is 13.4. The largest absolute Gasteiger partial charge is 0.493 e. The van der Waals surface area contributed by atoms with Crippen LogP contribution in [0.1, 0.15) is 40.2 Å². The summed E-state index contributed by atoms with van der Waals surface area (Å²) in [6.07, 6.45) is 6.71. The smallest absolute Gasteiger partial charge is 0.289 e. The maximum Gasteiger partial charge on any atom is 0.289 e. The van der Waals surface area contributed by atoms with E-state index in [0.717, 1.165) is 52.5 Å². The fourth-order valence-corrected chi connectivity index (χ4v) is 7.30. The van der Waals surface area contributed by atoms with Crippen LogP contribution in [-0.4, -0.2) is 71.8 Å². The molecule has 0 atom stereocenters. The number of thioether (sulfide) groups is 2. The maximum atomic E-state index is 13.4. The van der Waals surface area contributed by atoms with Crippen molar-refractivity contribution in [3.05, 3.63) is 35.6 Å². The zero-order valence-electron chi connectivity index (χ0n) is 19.5. The number of furan rings is 1. The van der Waals surface area contributed by atoms with E-state index < -0.39 is 0 Å². The molecule has 2 saturated heterocycles. The van der Waals surface area contributed by atoms with E-state index in [1.165, 1.54) is 23.3 Å². The van der Waals surface area contributed by atoms with Crippen molar-refractivity contribution < 1.29 is 18.7 Å². The summed E-state index contributed by atoms with van der Waals surface area (Å²) in [6, 6.07) is 7.43. The van der Waals surface area contributed by atoms with Crippen LogP contribution < -0.4 is 4.74 Å². The van der Waals surface area contributed by atoms with Gasteiger partial charge >= 0.3 is 0 Å². The summed E-state index contributed by atoms with van der Waals surface area (Å²) in [4.78, 5) is 30.4. The highest BCUT2D eigenvalue weighted by molar-refractivity contribution is 8.01. The number of amides is 2. The van der Waals surface area contributed by atoms with Crippen molar-refractivity contribution in [2.45, 2.75) is 28.5 Å². The molecule has 0 unspecified atom stereocenters. The van der Waals surface area contributed by atoms with E-state index in [4.69, 9.17) is 9.15 Å². The Balaban J connectivity index is 1.25. The lowest BCUT2D eigenvalue weighted by molar-refractivity contribution is 0.0541. The summed E-state index contributed by atoms with van der Waals surface area (Å²) in [7, 11) is 1.59. The summed E-state index contributed by atoms with van der Waals surface area (Å²) >= 11 is 4.52. The number of para-hydroxylation sites is 1. The number of aromatic nitrogens is 1. The Kier molecular flexibility index (Phi) is 6.56. The van der Waals surface area contributed by atoms with Crippen molar-refractivity contribution in [1.29, 1.82) is 0 Å². The lowest BCUT2D eigenvalue weighted by Gasteiger charge is -2.39. The van der Waals surface area contributed by atoms with Crippen LogP contribution in [0.25, 0.3) is 11.0 Å². The Morgan fingerprint density at radius 1 is 1.09 bits per heavy atom. The summed E-state index contributed by atoms with van der Waals surface area (Å²) in [5.74, 6) is 0.976. The van der Waals surface area contributed by atoms with Crippen LogP contribution in [0.2, 0.25) is 0 Å². The van der Waals surface area contributed by atoms with Crippen LogP contribution >= 0.6 is 35.1 Å². The summed E-state index contributed by atoms with van der Waals surface area (Å²) in [5.41, 5.74) is 1.44. The minimum absolute atomic E-state index is 0.0754. The standard InChI is InChI=1S/C24H27N3O4S3/c1-30-16-6-4-5-15-13-17(31-19(15)16)21(28)26-10-7-24(8-11-26)9-12-27(14-24)22(29)18-20(32-2)25-34-23(18)33-3/h4-6,13H,7-12,14H2,1-3H3. The van der Waals surface area contributed by atoms with E-state index in [0.29, 0.717) is 30.2 Å². The van der Waals surface area contributed by atoms with Gasteiger partial charge in [-0.3, -0.25) is 9.59 Å². The number of ether oxygens (including phenoxy) is 1. The van der Waals surface area contributed by atoms with Gasteiger partial charge in [0.05, 0.1) is 16.9 Å². The van der Waals surface area contributed by atoms with Gasteiger partial charge in [-0.15, -0.1) is 23.5 Å². The first-order valence-electron chi connectivity index (χ1n) is 11.2. The molecule has 2 aromatic heterocycles. The third kappa shape index (κ3) is 4.09. The normalized spacial score (nSPS) is 17.6. The Morgan fingerprint density at radius 3 is 2.50 bits per heavy atom. The number of methoxy groups -OCH3 is 1. The van der Waals surface area contributed by atoms with Gasteiger partial charge in [-0.1, -0.05) is 12.1 Å². The first-order chi connectivity index (χ1) is 16.5. The van der Waals surface area contributed by atoms with Gasteiger partial charge in [0.15, 0.2) is 17.1 Å². The number of likely N-dealkylation sites (tertiary alicyclic amines) is 2. The number of nitrogens with zero attached hydrogens (tertiary/aromatic N) is 3. The average Bonchev–Trinajstić information content (AvgIpc) is 3.60. The van der Waals surface area contributed by atoms with Gasteiger partial charge in [0.1, 0.15) is 5.03 Å². The predicted octanol–water partition coefficient (Wildman–Crippen LogP) is 5.11. The summed E-state index contributed by atoms with van der Waals surface area (Å²) in [5, 5.41) is 1.68. The summed E-state index contributed by atoms with van der Waals surface area (Å²) < 4.78 is 16.7. The molecule has 2 amide bonds. The lowest BCUT2D eigenvalue weighted by atomic mass is 9.77. The molecule has 10 heteroatoms. The minimum Gasteiger partial charge on any atom is -0.493 e. The molecule has 180 valence electrons. The molecule has 3 aromatic rings. The van der Waals surface area contributed by atoms with Gasteiger partial charge in [-0.25, -0.2) is 0 Å². The monoisotopic (exact) mass is 517 g/mol. The highest BCUT2D eigenvalue weighted by Crippen LogP contribution is 2.43. The number of benzene rings is 1. The van der Waals surface area contributed by atoms with Crippen molar-refractivity contribution >= 4 is 57.8 Å². The van der Waals surface area contributed by atoms with Crippen LogP contribution in [0, 0.1) is 5.41 Å². The van der Waals surface area contributed by atoms with Gasteiger partial charge in [-0.05, 0) is 60.9 Å². The van der Waals surface area contributed by atoms with Crippen LogP contribution in [0.3, 0.4) is 0 Å². The van der Waals surface area contributed by atoms with Gasteiger partial charge in [0.25, 0.3) is 11.8 Å². The van der Waals surface area contributed by atoms with Crippen LogP contribution in [-0.2, 0) is 0 Å². The highest BCUT2D eigenvalue weighted by atomic mass is 32.2. The third-order valence-electron chi connectivity index (χ3n) is 7.00. The fraction of sp³-hybridized carbons (Fsp3) is 0.458. The molecule has 7 nitrogen and oxygen atoms in total. The predicted molar refractivity (Wildman–Crippen MR) is 137 cm³/mol. The molecule has 2 aliphatic rings. The van der Waals surface area contributed by atoms with E-state index in [2.05, 4.69) is 4.37 Å².